The fraction of sp³-hybridized carbons (Fsp3) is 0.308. The summed E-state index contributed by atoms with van der Waals surface area (Å²) < 4.78 is 42.6. The number of aryl methyl sites for hydroxylation is 1. The topological polar surface area (TPSA) is 77.9 Å². The van der Waals surface area contributed by atoms with Crippen molar-refractivity contribution in [2.45, 2.75) is 43.8 Å². The minimum absolute atomic E-state index is 0.0141. The van der Waals surface area contributed by atoms with Gasteiger partial charge in [0.05, 0.1) is 12.1 Å². The lowest BCUT2D eigenvalue weighted by Gasteiger charge is -2.37. The van der Waals surface area contributed by atoms with E-state index in [1.165, 1.54) is 0 Å². The average Bonchev–Trinajstić information content (AvgIpc) is 3.40. The monoisotopic (exact) mass is 465 g/mol. The number of amides is 1. The minimum atomic E-state index is -4.19. The molecule has 0 fully saturated rings. The highest BCUT2D eigenvalue weighted by atomic mass is 19.4. The summed E-state index contributed by atoms with van der Waals surface area (Å²) in [6, 6.07) is 15.4. The predicted octanol–water partition coefficient (Wildman–Crippen LogP) is 5.53. The highest BCUT2D eigenvalue weighted by Crippen LogP contribution is 2.47. The average molecular weight is 465 g/mol. The second kappa shape index (κ2) is 8.24. The Kier molecular flexibility index (Phi) is 5.35. The molecule has 5 nitrogen and oxygen atoms in total. The first-order valence-corrected chi connectivity index (χ1v) is 11.1. The van der Waals surface area contributed by atoms with Gasteiger partial charge in [-0.1, -0.05) is 18.2 Å². The molecule has 174 valence electrons. The molecule has 34 heavy (non-hydrogen) atoms. The maximum atomic E-state index is 13.0. The number of hydrogen-bond acceptors (Lipinski definition) is 3. The predicted molar refractivity (Wildman–Crippen MR) is 121 cm³/mol. The van der Waals surface area contributed by atoms with Gasteiger partial charge in [-0.2, -0.15) is 18.4 Å². The van der Waals surface area contributed by atoms with Crippen LogP contribution in [0.1, 0.15) is 42.4 Å². The number of ether oxygens (including phenoxy) is 1. The molecule has 8 heteroatoms. The second-order valence-electron chi connectivity index (χ2n) is 8.84. The van der Waals surface area contributed by atoms with Crippen molar-refractivity contribution in [2.75, 3.05) is 6.61 Å². The molecule has 1 unspecified atom stereocenters. The van der Waals surface area contributed by atoms with Crippen molar-refractivity contribution in [3.8, 4) is 11.8 Å². The first kappa shape index (κ1) is 22.1. The molecule has 3 aromatic rings. The Morgan fingerprint density at radius 3 is 2.79 bits per heavy atom. The summed E-state index contributed by atoms with van der Waals surface area (Å²) in [5.74, 6) is 0.126. The fourth-order valence-corrected chi connectivity index (χ4v) is 5.04. The summed E-state index contributed by atoms with van der Waals surface area (Å²) in [5, 5.41) is 13.8. The standard InChI is InChI=1S/C26H22F3N3O2/c27-26(28,29)8-1-11-34-19-4-5-22-18(12-19)6-9-25(22)14-20(21(15-30)24(33)32-25)17-3-2-16-7-10-31-23(16)13-17/h2-5,7,10,12-13,31H,1,6,8-9,11,14H2,(H,32,33). The number of carbonyl (C=O) groups is 1. The summed E-state index contributed by atoms with van der Waals surface area (Å²) >= 11 is 0. The molecule has 0 saturated carbocycles. The summed E-state index contributed by atoms with van der Waals surface area (Å²) in [5.41, 5.74) is 3.91. The number of H-pyrrole nitrogens is 1. The van der Waals surface area contributed by atoms with E-state index in [2.05, 4.69) is 16.4 Å². The van der Waals surface area contributed by atoms with Crippen molar-refractivity contribution in [1.82, 2.24) is 10.3 Å². The molecule has 1 spiro atoms. The number of alkyl halides is 3. The number of rotatable bonds is 5. The van der Waals surface area contributed by atoms with E-state index in [9.17, 15) is 23.2 Å². The van der Waals surface area contributed by atoms with Crippen LogP contribution in [0, 0.1) is 11.3 Å². The molecule has 0 saturated heterocycles. The molecule has 1 aliphatic carbocycles. The van der Waals surface area contributed by atoms with Crippen LogP contribution in [0.15, 0.2) is 54.2 Å². The van der Waals surface area contributed by atoms with Crippen LogP contribution in [-0.4, -0.2) is 23.7 Å². The number of benzene rings is 2. The number of aromatic amines is 1. The van der Waals surface area contributed by atoms with Crippen molar-refractivity contribution in [3.05, 3.63) is 70.9 Å². The van der Waals surface area contributed by atoms with Gasteiger partial charge in [0.25, 0.3) is 5.91 Å². The molecule has 2 heterocycles. The van der Waals surface area contributed by atoms with Crippen LogP contribution >= 0.6 is 0 Å². The molecule has 2 N–H and O–H groups in total. The van der Waals surface area contributed by atoms with Gasteiger partial charge in [-0.15, -0.1) is 0 Å². The molecular formula is C26H22F3N3O2. The van der Waals surface area contributed by atoms with E-state index in [-0.39, 0.29) is 18.6 Å². The van der Waals surface area contributed by atoms with Crippen molar-refractivity contribution in [3.63, 3.8) is 0 Å². The first-order valence-electron chi connectivity index (χ1n) is 11.1. The van der Waals surface area contributed by atoms with E-state index in [0.717, 1.165) is 27.6 Å². The molecule has 2 aromatic carbocycles. The third-order valence-corrected chi connectivity index (χ3v) is 6.66. The number of nitriles is 1. The fourth-order valence-electron chi connectivity index (χ4n) is 5.04. The lowest BCUT2D eigenvalue weighted by molar-refractivity contribution is -0.136. The highest BCUT2D eigenvalue weighted by molar-refractivity contribution is 6.07. The van der Waals surface area contributed by atoms with Crippen LogP contribution < -0.4 is 10.1 Å². The molecule has 1 atom stereocenters. The van der Waals surface area contributed by atoms with Crippen molar-refractivity contribution >= 4 is 22.4 Å². The van der Waals surface area contributed by atoms with Crippen LogP contribution in [0.25, 0.3) is 16.5 Å². The zero-order valence-electron chi connectivity index (χ0n) is 18.3. The van der Waals surface area contributed by atoms with Crippen LogP contribution in [0.4, 0.5) is 13.2 Å². The molecule has 5 rings (SSSR count). The summed E-state index contributed by atoms with van der Waals surface area (Å²) in [4.78, 5) is 16.2. The van der Waals surface area contributed by atoms with Gasteiger partial charge in [0.15, 0.2) is 0 Å². The van der Waals surface area contributed by atoms with Gasteiger partial charge in [0, 0.05) is 24.6 Å². The Bertz CT molecular complexity index is 1350. The van der Waals surface area contributed by atoms with Crippen LogP contribution in [-0.2, 0) is 16.8 Å². The Morgan fingerprint density at radius 1 is 1.15 bits per heavy atom. The third kappa shape index (κ3) is 4.03. The second-order valence-corrected chi connectivity index (χ2v) is 8.84. The lowest BCUT2D eigenvalue weighted by Crippen LogP contribution is -2.48. The summed E-state index contributed by atoms with van der Waals surface area (Å²) in [6.07, 6.45) is -1.48. The van der Waals surface area contributed by atoms with Gasteiger partial charge in [0.1, 0.15) is 17.4 Å². The Morgan fingerprint density at radius 2 is 2.00 bits per heavy atom. The largest absolute Gasteiger partial charge is 0.494 e. The van der Waals surface area contributed by atoms with E-state index in [1.807, 2.05) is 42.6 Å². The van der Waals surface area contributed by atoms with Gasteiger partial charge in [-0.05, 0) is 71.2 Å². The van der Waals surface area contributed by atoms with Crippen molar-refractivity contribution < 1.29 is 22.7 Å². The number of nitrogens with zero attached hydrogens (tertiary/aromatic N) is 1. The quantitative estimate of drug-likeness (QED) is 0.487. The summed E-state index contributed by atoms with van der Waals surface area (Å²) in [6.45, 7) is -0.0141. The van der Waals surface area contributed by atoms with Gasteiger partial charge in [0.2, 0.25) is 0 Å². The van der Waals surface area contributed by atoms with Gasteiger partial charge in [-0.25, -0.2) is 0 Å². The number of nitrogens with one attached hydrogen (secondary N) is 2. The molecule has 0 bridgehead atoms. The summed E-state index contributed by atoms with van der Waals surface area (Å²) in [7, 11) is 0. The normalized spacial score (nSPS) is 19.9. The molecule has 1 aliphatic heterocycles. The van der Waals surface area contributed by atoms with Crippen molar-refractivity contribution in [2.24, 2.45) is 0 Å². The van der Waals surface area contributed by atoms with E-state index >= 15 is 0 Å². The highest BCUT2D eigenvalue weighted by Gasteiger charge is 2.45. The van der Waals surface area contributed by atoms with Gasteiger partial charge in [-0.3, -0.25) is 4.79 Å². The molecule has 0 radical (unpaired) electrons. The van der Waals surface area contributed by atoms with E-state index in [0.29, 0.717) is 30.6 Å². The van der Waals surface area contributed by atoms with Crippen LogP contribution in [0.3, 0.4) is 0 Å². The van der Waals surface area contributed by atoms with E-state index in [4.69, 9.17) is 4.74 Å². The Balaban J connectivity index is 1.42. The smallest absolute Gasteiger partial charge is 0.389 e. The van der Waals surface area contributed by atoms with Crippen molar-refractivity contribution in [1.29, 1.82) is 5.26 Å². The maximum Gasteiger partial charge on any atom is 0.389 e. The molecular weight excluding hydrogens is 443 g/mol. The zero-order valence-corrected chi connectivity index (χ0v) is 18.3. The number of halogens is 3. The van der Waals surface area contributed by atoms with Crippen LogP contribution in [0.5, 0.6) is 5.75 Å². The zero-order chi connectivity index (χ0) is 23.9. The SMILES string of the molecule is N#CC1=C(c2ccc3cc[nH]c3c2)CC2(CCc3cc(OCCCC(F)(F)F)ccc32)NC1=O. The van der Waals surface area contributed by atoms with Crippen LogP contribution in [0.2, 0.25) is 0 Å². The number of carbonyl (C=O) groups excluding carboxylic acids is 1. The van der Waals surface area contributed by atoms with E-state index in [1.54, 1.807) is 6.07 Å². The molecule has 2 aliphatic rings. The third-order valence-electron chi connectivity index (χ3n) is 6.66. The van der Waals surface area contributed by atoms with E-state index < -0.39 is 24.0 Å². The molecule has 1 amide bonds. The number of aromatic nitrogens is 1. The Hall–Kier alpha value is -3.73. The minimum Gasteiger partial charge on any atom is -0.494 e. The lowest BCUT2D eigenvalue weighted by atomic mass is 9.78. The first-order chi connectivity index (χ1) is 16.3. The number of fused-ring (bicyclic) bond motifs is 3. The maximum absolute atomic E-state index is 13.0. The van der Waals surface area contributed by atoms with Gasteiger partial charge < -0.3 is 15.0 Å². The molecule has 1 aromatic heterocycles. The van der Waals surface area contributed by atoms with Gasteiger partial charge >= 0.3 is 6.18 Å². The number of hydrogen-bond donors (Lipinski definition) is 2. The Labute approximate surface area is 194 Å².